The number of amidine groups is 1. The topological polar surface area (TPSA) is 75.6 Å². The predicted octanol–water partition coefficient (Wildman–Crippen LogP) is 5.13. The van der Waals surface area contributed by atoms with Crippen LogP contribution >= 0.6 is 0 Å². The Kier molecular flexibility index (Phi) is 6.18. The van der Waals surface area contributed by atoms with Crippen LogP contribution in [0.3, 0.4) is 0 Å². The molecule has 3 aromatic rings. The molecule has 0 radical (unpaired) electrons. The Bertz CT molecular complexity index is 1260. The largest absolute Gasteiger partial charge is 0.497 e. The summed E-state index contributed by atoms with van der Waals surface area (Å²) in [6.45, 7) is 3.88. The first-order chi connectivity index (χ1) is 17.1. The van der Waals surface area contributed by atoms with E-state index in [9.17, 15) is 4.79 Å². The molecule has 8 heteroatoms. The highest BCUT2D eigenvalue weighted by Crippen LogP contribution is 2.42. The van der Waals surface area contributed by atoms with Crippen molar-refractivity contribution in [2.45, 2.75) is 13.0 Å². The Labute approximate surface area is 204 Å². The lowest BCUT2D eigenvalue weighted by molar-refractivity contribution is 0.145. The minimum atomic E-state index is -0.124. The lowest BCUT2D eigenvalue weighted by Gasteiger charge is -2.41. The summed E-state index contributed by atoms with van der Waals surface area (Å²) in [6, 6.07) is 20.7. The van der Waals surface area contributed by atoms with E-state index < -0.39 is 0 Å². The quantitative estimate of drug-likeness (QED) is 0.572. The van der Waals surface area contributed by atoms with Crippen molar-refractivity contribution in [3.05, 3.63) is 72.3 Å². The Balaban J connectivity index is 1.38. The van der Waals surface area contributed by atoms with Gasteiger partial charge in [-0.3, -0.25) is 0 Å². The van der Waals surface area contributed by atoms with Crippen LogP contribution < -0.4 is 19.5 Å². The Morgan fingerprint density at radius 2 is 1.80 bits per heavy atom. The Morgan fingerprint density at radius 1 is 1.00 bits per heavy atom. The maximum Gasteiger partial charge on any atom is 0.322 e. The van der Waals surface area contributed by atoms with Gasteiger partial charge in [0.15, 0.2) is 17.2 Å². The number of urea groups is 1. The normalized spacial score (nSPS) is 16.8. The molecule has 2 aliphatic heterocycles. The molecule has 0 aromatic heterocycles. The molecule has 2 aliphatic rings. The average Bonchev–Trinajstić information content (AvgIpc) is 3.05. The van der Waals surface area contributed by atoms with Gasteiger partial charge in [0.25, 0.3) is 0 Å². The summed E-state index contributed by atoms with van der Waals surface area (Å²) in [5.74, 6) is 3.53. The van der Waals surface area contributed by atoms with E-state index in [0.29, 0.717) is 36.9 Å². The number of amides is 2. The second-order valence-corrected chi connectivity index (χ2v) is 8.49. The number of piperazine rings is 1. The minimum Gasteiger partial charge on any atom is -0.497 e. The summed E-state index contributed by atoms with van der Waals surface area (Å²) in [7, 11) is 3.25. The lowest BCUT2D eigenvalue weighted by atomic mass is 10.1. The molecule has 0 bridgehead atoms. The number of fused-ring (bicyclic) bond motifs is 2. The zero-order valence-corrected chi connectivity index (χ0v) is 20.0. The number of hydrogen-bond acceptors (Lipinski definition) is 6. The second kappa shape index (κ2) is 9.58. The number of nitrogens with zero attached hydrogens (tertiary/aromatic N) is 3. The first-order valence-corrected chi connectivity index (χ1v) is 11.6. The molecular weight excluding hydrogens is 444 g/mol. The lowest BCUT2D eigenvalue weighted by Crippen LogP contribution is -2.56. The third-order valence-electron chi connectivity index (χ3n) is 6.27. The molecule has 8 nitrogen and oxygen atoms in total. The maximum absolute atomic E-state index is 13.0. The van der Waals surface area contributed by atoms with Gasteiger partial charge in [0.2, 0.25) is 0 Å². The number of anilines is 1. The van der Waals surface area contributed by atoms with Crippen LogP contribution in [0.25, 0.3) is 0 Å². The van der Waals surface area contributed by atoms with E-state index >= 15 is 0 Å². The SMILES string of the molecule is COc1ccc(NC(=O)N2CCN(C3=Nc4ccccc4Oc4c(OC)cccc43)C[C@@H]2C)cc1. The van der Waals surface area contributed by atoms with E-state index in [-0.39, 0.29) is 12.1 Å². The predicted molar refractivity (Wildman–Crippen MR) is 135 cm³/mol. The van der Waals surface area contributed by atoms with Crippen LogP contribution in [0.4, 0.5) is 16.2 Å². The summed E-state index contributed by atoms with van der Waals surface area (Å²) in [4.78, 5) is 22.1. The fraction of sp³-hybridized carbons (Fsp3) is 0.259. The number of ether oxygens (including phenoxy) is 3. The van der Waals surface area contributed by atoms with Crippen LogP contribution in [0.2, 0.25) is 0 Å². The molecule has 2 amide bonds. The molecule has 1 saturated heterocycles. The zero-order valence-electron chi connectivity index (χ0n) is 20.0. The van der Waals surface area contributed by atoms with E-state index in [1.807, 2.05) is 78.6 Å². The van der Waals surface area contributed by atoms with Crippen molar-refractivity contribution in [2.75, 3.05) is 39.2 Å². The number of carbonyl (C=O) groups excluding carboxylic acids is 1. The van der Waals surface area contributed by atoms with Crippen molar-refractivity contribution in [1.82, 2.24) is 9.80 Å². The van der Waals surface area contributed by atoms with Gasteiger partial charge in [-0.25, -0.2) is 9.79 Å². The van der Waals surface area contributed by atoms with E-state index in [0.717, 1.165) is 28.5 Å². The Hall–Kier alpha value is -4.20. The van der Waals surface area contributed by atoms with Crippen molar-refractivity contribution < 1.29 is 19.0 Å². The number of carbonyl (C=O) groups is 1. The van der Waals surface area contributed by atoms with Gasteiger partial charge < -0.3 is 29.3 Å². The van der Waals surface area contributed by atoms with E-state index in [4.69, 9.17) is 19.2 Å². The van der Waals surface area contributed by atoms with Gasteiger partial charge in [-0.1, -0.05) is 18.2 Å². The number of para-hydroxylation sites is 3. The van der Waals surface area contributed by atoms with Crippen LogP contribution in [0, 0.1) is 0 Å². The smallest absolute Gasteiger partial charge is 0.322 e. The zero-order chi connectivity index (χ0) is 24.4. The second-order valence-electron chi connectivity index (χ2n) is 8.49. The van der Waals surface area contributed by atoms with E-state index in [1.54, 1.807) is 14.2 Å². The third kappa shape index (κ3) is 4.47. The first kappa shape index (κ1) is 22.6. The number of aliphatic imine (C=N–C) groups is 1. The molecule has 1 atom stereocenters. The molecule has 1 fully saturated rings. The number of benzene rings is 3. The van der Waals surface area contributed by atoms with E-state index in [2.05, 4.69) is 10.2 Å². The molecular formula is C27H28N4O4. The molecule has 5 rings (SSSR count). The van der Waals surface area contributed by atoms with Crippen molar-refractivity contribution in [2.24, 2.45) is 4.99 Å². The van der Waals surface area contributed by atoms with Gasteiger partial charge in [-0.2, -0.15) is 0 Å². The van der Waals surface area contributed by atoms with Gasteiger partial charge in [0.1, 0.15) is 17.3 Å². The molecule has 3 aromatic carbocycles. The van der Waals surface area contributed by atoms with Crippen LogP contribution in [0.5, 0.6) is 23.0 Å². The number of nitrogens with one attached hydrogen (secondary N) is 1. The highest BCUT2D eigenvalue weighted by atomic mass is 16.5. The maximum atomic E-state index is 13.0. The molecule has 0 aliphatic carbocycles. The van der Waals surface area contributed by atoms with Crippen molar-refractivity contribution >= 4 is 23.2 Å². The molecule has 0 spiro atoms. The van der Waals surface area contributed by atoms with Crippen LogP contribution in [-0.2, 0) is 0 Å². The third-order valence-corrected chi connectivity index (χ3v) is 6.27. The highest BCUT2D eigenvalue weighted by molar-refractivity contribution is 6.04. The molecule has 1 N–H and O–H groups in total. The minimum absolute atomic E-state index is 0.0295. The molecule has 35 heavy (non-hydrogen) atoms. The standard InChI is InChI=1S/C27H28N4O4/c1-18-17-30(15-16-31(18)27(32)28-19-11-13-20(33-2)14-12-19)26-21-7-6-10-24(34-3)25(21)35-23-9-5-4-8-22(23)29-26/h4-14,18H,15-17H2,1-3H3,(H,28,32)/t18-/m0/s1. The average molecular weight is 473 g/mol. The van der Waals surface area contributed by atoms with E-state index in [1.165, 1.54) is 0 Å². The highest BCUT2D eigenvalue weighted by Gasteiger charge is 2.32. The summed E-state index contributed by atoms with van der Waals surface area (Å²) in [5.41, 5.74) is 2.35. The summed E-state index contributed by atoms with van der Waals surface area (Å²) < 4.78 is 17.0. The van der Waals surface area contributed by atoms with Crippen molar-refractivity contribution in [3.63, 3.8) is 0 Å². The van der Waals surface area contributed by atoms with Crippen molar-refractivity contribution in [3.8, 4) is 23.0 Å². The monoisotopic (exact) mass is 472 g/mol. The van der Waals surface area contributed by atoms with Crippen LogP contribution in [0.1, 0.15) is 12.5 Å². The molecule has 2 heterocycles. The number of rotatable bonds is 3. The number of hydrogen-bond donors (Lipinski definition) is 1. The molecule has 0 saturated carbocycles. The van der Waals surface area contributed by atoms with Crippen LogP contribution in [-0.4, -0.2) is 61.6 Å². The fourth-order valence-electron chi connectivity index (χ4n) is 4.44. The van der Waals surface area contributed by atoms with Gasteiger partial charge in [0.05, 0.1) is 19.8 Å². The van der Waals surface area contributed by atoms with Gasteiger partial charge in [-0.15, -0.1) is 0 Å². The first-order valence-electron chi connectivity index (χ1n) is 11.6. The van der Waals surface area contributed by atoms with Gasteiger partial charge in [-0.05, 0) is 55.5 Å². The molecule has 0 unspecified atom stereocenters. The fourth-order valence-corrected chi connectivity index (χ4v) is 4.44. The Morgan fingerprint density at radius 3 is 2.54 bits per heavy atom. The van der Waals surface area contributed by atoms with Crippen LogP contribution in [0.15, 0.2) is 71.7 Å². The van der Waals surface area contributed by atoms with Gasteiger partial charge in [0, 0.05) is 31.4 Å². The summed E-state index contributed by atoms with van der Waals surface area (Å²) >= 11 is 0. The molecule has 180 valence electrons. The van der Waals surface area contributed by atoms with Crippen molar-refractivity contribution in [1.29, 1.82) is 0 Å². The summed E-state index contributed by atoms with van der Waals surface area (Å²) in [5, 5.41) is 2.99. The number of methoxy groups -OCH3 is 2. The summed E-state index contributed by atoms with van der Waals surface area (Å²) in [6.07, 6.45) is 0. The van der Waals surface area contributed by atoms with Gasteiger partial charge >= 0.3 is 6.03 Å².